The molecule has 0 N–H and O–H groups in total. The minimum absolute atomic E-state index is 0.101. The highest BCUT2D eigenvalue weighted by molar-refractivity contribution is 6.14. The van der Waals surface area contributed by atoms with Crippen LogP contribution in [0.4, 0.5) is 0 Å². The summed E-state index contributed by atoms with van der Waals surface area (Å²) in [4.78, 5) is 12.5. The van der Waals surface area contributed by atoms with Gasteiger partial charge in [0.15, 0.2) is 5.76 Å². The lowest BCUT2D eigenvalue weighted by molar-refractivity contribution is 0.101. The van der Waals surface area contributed by atoms with Crippen LogP contribution in [0.2, 0.25) is 0 Å². The molecule has 2 aromatic carbocycles. The minimum Gasteiger partial charge on any atom is -0.489 e. The molecule has 0 aromatic heterocycles. The lowest BCUT2D eigenvalue weighted by atomic mass is 10.1. The maximum Gasteiger partial charge on any atom is 0.231 e. The van der Waals surface area contributed by atoms with Crippen molar-refractivity contribution in [3.05, 3.63) is 77.1 Å². The third-order valence-corrected chi connectivity index (χ3v) is 3.81. The van der Waals surface area contributed by atoms with Crippen molar-refractivity contribution in [3.63, 3.8) is 0 Å². The van der Waals surface area contributed by atoms with Gasteiger partial charge >= 0.3 is 0 Å². The maximum atomic E-state index is 12.5. The third kappa shape index (κ3) is 3.40. The van der Waals surface area contributed by atoms with E-state index in [1.807, 2.05) is 19.1 Å². The highest BCUT2D eigenvalue weighted by Crippen LogP contribution is 2.35. The molecule has 3 heteroatoms. The molecule has 0 aliphatic carbocycles. The molecule has 0 atom stereocenters. The fourth-order valence-electron chi connectivity index (χ4n) is 2.46. The van der Waals surface area contributed by atoms with E-state index in [0.717, 1.165) is 17.6 Å². The average molecular weight is 320 g/mol. The molecule has 122 valence electrons. The number of hydrogen-bond acceptors (Lipinski definition) is 3. The van der Waals surface area contributed by atoms with Crippen LogP contribution in [0.25, 0.3) is 6.08 Å². The number of ketones is 1. The summed E-state index contributed by atoms with van der Waals surface area (Å²) in [6.07, 6.45) is 2.76. The van der Waals surface area contributed by atoms with Crippen molar-refractivity contribution in [3.8, 4) is 11.5 Å². The number of ether oxygens (including phenoxy) is 2. The summed E-state index contributed by atoms with van der Waals surface area (Å²) in [7, 11) is 0. The number of benzene rings is 2. The van der Waals surface area contributed by atoms with E-state index in [9.17, 15) is 4.79 Å². The van der Waals surface area contributed by atoms with Crippen LogP contribution in [0.1, 0.15) is 35.3 Å². The first-order valence-electron chi connectivity index (χ1n) is 8.01. The molecule has 0 saturated carbocycles. The number of Topliss-reactive ketones (excluding diaryl/α,β-unsaturated/α-hetero) is 1. The van der Waals surface area contributed by atoms with Crippen LogP contribution in [-0.2, 0) is 6.42 Å². The molecule has 0 fully saturated rings. The standard InChI is InChI=1S/C21H20O3/c1-4-15-5-7-16(8-6-15)11-20-21(22)18-10-9-17(12-19(18)24-20)23-13-14(2)3/h5-12H,2,4,13H2,1,3H3/b20-11-. The van der Waals surface area contributed by atoms with Gasteiger partial charge in [-0.25, -0.2) is 0 Å². The number of carbonyl (C=O) groups excluding carboxylic acids is 1. The van der Waals surface area contributed by atoms with Crippen LogP contribution in [-0.4, -0.2) is 12.4 Å². The summed E-state index contributed by atoms with van der Waals surface area (Å²) < 4.78 is 11.3. The topological polar surface area (TPSA) is 35.5 Å². The van der Waals surface area contributed by atoms with E-state index in [0.29, 0.717) is 29.4 Å². The zero-order valence-corrected chi connectivity index (χ0v) is 14.0. The first-order chi connectivity index (χ1) is 11.6. The van der Waals surface area contributed by atoms with Gasteiger partial charge in [0.2, 0.25) is 5.78 Å². The second-order valence-corrected chi connectivity index (χ2v) is 5.94. The average Bonchev–Trinajstić information content (AvgIpc) is 2.89. The highest BCUT2D eigenvalue weighted by Gasteiger charge is 2.27. The number of hydrogen-bond donors (Lipinski definition) is 0. The van der Waals surface area contributed by atoms with Crippen molar-refractivity contribution in [2.45, 2.75) is 20.3 Å². The Labute approximate surface area is 142 Å². The molecule has 0 bridgehead atoms. The van der Waals surface area contributed by atoms with Crippen LogP contribution < -0.4 is 9.47 Å². The van der Waals surface area contributed by atoms with Crippen molar-refractivity contribution in [2.75, 3.05) is 6.61 Å². The fourth-order valence-corrected chi connectivity index (χ4v) is 2.46. The quantitative estimate of drug-likeness (QED) is 0.585. The van der Waals surface area contributed by atoms with E-state index in [4.69, 9.17) is 9.47 Å². The summed E-state index contributed by atoms with van der Waals surface area (Å²) in [5, 5.41) is 0. The van der Waals surface area contributed by atoms with Gasteiger partial charge in [0.25, 0.3) is 0 Å². The van der Waals surface area contributed by atoms with Gasteiger partial charge in [-0.05, 0) is 48.3 Å². The zero-order chi connectivity index (χ0) is 17.1. The van der Waals surface area contributed by atoms with E-state index in [1.165, 1.54) is 5.56 Å². The Morgan fingerprint density at radius 3 is 2.62 bits per heavy atom. The number of carbonyl (C=O) groups is 1. The van der Waals surface area contributed by atoms with Gasteiger partial charge in [-0.2, -0.15) is 0 Å². The van der Waals surface area contributed by atoms with Gasteiger partial charge in [0.1, 0.15) is 18.1 Å². The maximum absolute atomic E-state index is 12.5. The van der Waals surface area contributed by atoms with E-state index in [2.05, 4.69) is 25.6 Å². The Morgan fingerprint density at radius 1 is 1.21 bits per heavy atom. The molecule has 3 rings (SSSR count). The first kappa shape index (κ1) is 16.1. The number of rotatable bonds is 5. The van der Waals surface area contributed by atoms with Gasteiger partial charge in [-0.1, -0.05) is 37.8 Å². The number of fused-ring (bicyclic) bond motifs is 1. The Kier molecular flexibility index (Phi) is 4.52. The second kappa shape index (κ2) is 6.75. The van der Waals surface area contributed by atoms with Crippen LogP contribution in [0.15, 0.2) is 60.4 Å². The van der Waals surface area contributed by atoms with E-state index in [1.54, 1.807) is 24.3 Å². The fraction of sp³-hybridized carbons (Fsp3) is 0.190. The lowest BCUT2D eigenvalue weighted by Crippen LogP contribution is -1.98. The largest absolute Gasteiger partial charge is 0.489 e. The van der Waals surface area contributed by atoms with Crippen molar-refractivity contribution >= 4 is 11.9 Å². The molecule has 1 heterocycles. The molecular weight excluding hydrogens is 300 g/mol. The van der Waals surface area contributed by atoms with E-state index in [-0.39, 0.29) is 5.78 Å². The van der Waals surface area contributed by atoms with Crippen molar-refractivity contribution in [2.24, 2.45) is 0 Å². The molecule has 0 spiro atoms. The molecule has 2 aromatic rings. The highest BCUT2D eigenvalue weighted by atomic mass is 16.5. The SMILES string of the molecule is C=C(C)COc1ccc2c(c1)O/C(=C\c1ccc(CC)cc1)C2=O. The number of aryl methyl sites for hydroxylation is 1. The smallest absolute Gasteiger partial charge is 0.231 e. The Hall–Kier alpha value is -2.81. The molecule has 0 amide bonds. The van der Waals surface area contributed by atoms with Gasteiger partial charge in [0.05, 0.1) is 5.56 Å². The van der Waals surface area contributed by atoms with Crippen LogP contribution in [0, 0.1) is 0 Å². The molecule has 0 radical (unpaired) electrons. The first-order valence-corrected chi connectivity index (χ1v) is 8.01. The molecule has 1 aliphatic rings. The van der Waals surface area contributed by atoms with Gasteiger partial charge < -0.3 is 9.47 Å². The zero-order valence-electron chi connectivity index (χ0n) is 14.0. The molecular formula is C21H20O3. The van der Waals surface area contributed by atoms with Gasteiger partial charge in [-0.15, -0.1) is 0 Å². The van der Waals surface area contributed by atoms with Crippen molar-refractivity contribution in [1.82, 2.24) is 0 Å². The lowest BCUT2D eigenvalue weighted by Gasteiger charge is -2.06. The van der Waals surface area contributed by atoms with Crippen LogP contribution >= 0.6 is 0 Å². The summed E-state index contributed by atoms with van der Waals surface area (Å²) in [6.45, 7) is 8.26. The van der Waals surface area contributed by atoms with E-state index < -0.39 is 0 Å². The summed E-state index contributed by atoms with van der Waals surface area (Å²) >= 11 is 0. The Balaban J connectivity index is 1.81. The molecule has 0 saturated heterocycles. The molecule has 0 unspecified atom stereocenters. The van der Waals surface area contributed by atoms with Crippen molar-refractivity contribution in [1.29, 1.82) is 0 Å². The van der Waals surface area contributed by atoms with Gasteiger partial charge in [-0.3, -0.25) is 4.79 Å². The molecule has 24 heavy (non-hydrogen) atoms. The van der Waals surface area contributed by atoms with Crippen LogP contribution in [0.3, 0.4) is 0 Å². The van der Waals surface area contributed by atoms with E-state index >= 15 is 0 Å². The molecule has 1 aliphatic heterocycles. The summed E-state index contributed by atoms with van der Waals surface area (Å²) in [5.74, 6) is 1.44. The Bertz CT molecular complexity index is 813. The number of allylic oxidation sites excluding steroid dienone is 1. The minimum atomic E-state index is -0.101. The third-order valence-electron chi connectivity index (χ3n) is 3.81. The van der Waals surface area contributed by atoms with Crippen molar-refractivity contribution < 1.29 is 14.3 Å². The summed E-state index contributed by atoms with van der Waals surface area (Å²) in [5.41, 5.74) is 3.71. The normalized spacial score (nSPS) is 14.4. The Morgan fingerprint density at radius 2 is 1.96 bits per heavy atom. The second-order valence-electron chi connectivity index (χ2n) is 5.94. The predicted octanol–water partition coefficient (Wildman–Crippen LogP) is 4.82. The predicted molar refractivity (Wildman–Crippen MR) is 95.5 cm³/mol. The van der Waals surface area contributed by atoms with Gasteiger partial charge in [0, 0.05) is 6.07 Å². The molecule has 3 nitrogen and oxygen atoms in total. The van der Waals surface area contributed by atoms with Crippen LogP contribution in [0.5, 0.6) is 11.5 Å². The summed E-state index contributed by atoms with van der Waals surface area (Å²) in [6, 6.07) is 13.4. The monoisotopic (exact) mass is 320 g/mol.